The number of carbonyl (C=O) groups excluding carboxylic acids is 1. The van der Waals surface area contributed by atoms with Crippen LogP contribution in [0.15, 0.2) is 41.3 Å². The van der Waals surface area contributed by atoms with Gasteiger partial charge in [0.1, 0.15) is 0 Å². The van der Waals surface area contributed by atoms with Crippen LogP contribution < -0.4 is 6.15 Å². The van der Waals surface area contributed by atoms with Crippen molar-refractivity contribution in [1.29, 1.82) is 0 Å². The monoisotopic (exact) mass is 361 g/mol. The highest BCUT2D eigenvalue weighted by molar-refractivity contribution is 7.85. The molecule has 7 nitrogen and oxygen atoms in total. The Labute approximate surface area is 144 Å². The van der Waals surface area contributed by atoms with Crippen molar-refractivity contribution in [1.82, 2.24) is 6.15 Å². The molecule has 1 rings (SSSR count). The number of aryl methyl sites for hydroxylation is 1. The van der Waals surface area contributed by atoms with Gasteiger partial charge in [-0.05, 0) is 26.0 Å². The molecule has 1 aromatic rings. The summed E-state index contributed by atoms with van der Waals surface area (Å²) in [6.45, 7) is 8.86. The maximum Gasteiger partial charge on any atom is 0.337 e. The predicted molar refractivity (Wildman–Crippen MR) is 94.4 cm³/mol. The minimum atomic E-state index is -4.02. The lowest BCUT2D eigenvalue weighted by Crippen LogP contribution is -2.45. The van der Waals surface area contributed by atoms with Crippen LogP contribution in [0.1, 0.15) is 19.4 Å². The van der Waals surface area contributed by atoms with Crippen molar-refractivity contribution in [2.75, 3.05) is 21.1 Å². The normalized spacial score (nSPS) is 12.1. The number of carbonyl (C=O) groups is 1. The number of rotatable bonds is 4. The minimum Gasteiger partial charge on any atom is -0.409 e. The van der Waals surface area contributed by atoms with Crippen LogP contribution in [-0.2, 0) is 19.6 Å². The molecule has 0 radical (unpaired) electrons. The number of hydrogen-bond donors (Lipinski definition) is 2. The lowest BCUT2D eigenvalue weighted by molar-refractivity contribution is -0.914. The zero-order chi connectivity index (χ0) is 18.4. The molecule has 0 aliphatic carbocycles. The highest BCUT2D eigenvalue weighted by Crippen LogP contribution is 2.08. The summed E-state index contributed by atoms with van der Waals surface area (Å²) in [5, 5.41) is 0. The summed E-state index contributed by atoms with van der Waals surface area (Å²) in [4.78, 5) is 11.0. The van der Waals surface area contributed by atoms with Crippen molar-refractivity contribution in [2.24, 2.45) is 0 Å². The number of hydrogen-bond acceptors (Lipinski definition) is 5. The molecule has 0 aliphatic heterocycles. The van der Waals surface area contributed by atoms with Crippen LogP contribution in [0.5, 0.6) is 0 Å². The molecule has 0 saturated carbocycles. The van der Waals surface area contributed by atoms with Gasteiger partial charge in [0.15, 0.2) is 0 Å². The van der Waals surface area contributed by atoms with Crippen LogP contribution in [-0.4, -0.2) is 50.8 Å². The largest absolute Gasteiger partial charge is 0.409 e. The van der Waals surface area contributed by atoms with Gasteiger partial charge < -0.3 is 10.9 Å². The second-order valence-electron chi connectivity index (χ2n) is 6.19. The average molecular weight is 361 g/mol. The number of ether oxygens (including phenoxy) is 1. The van der Waals surface area contributed by atoms with Crippen LogP contribution in [0.4, 0.5) is 0 Å². The van der Waals surface area contributed by atoms with Crippen molar-refractivity contribution in [3.05, 3.63) is 42.0 Å². The van der Waals surface area contributed by atoms with E-state index in [2.05, 4.69) is 6.58 Å². The molecular formula is C16H29N2O5S+. The highest BCUT2D eigenvalue weighted by atomic mass is 32.2. The van der Waals surface area contributed by atoms with E-state index in [4.69, 9.17) is 9.29 Å². The number of benzene rings is 1. The zero-order valence-corrected chi connectivity index (χ0v) is 16.1. The Morgan fingerprint density at radius 3 is 1.92 bits per heavy atom. The quantitative estimate of drug-likeness (QED) is 0.280. The molecule has 0 bridgehead atoms. The van der Waals surface area contributed by atoms with Gasteiger partial charge in [0.25, 0.3) is 10.1 Å². The Morgan fingerprint density at radius 2 is 1.62 bits per heavy atom. The fraction of sp³-hybridized carbons (Fsp3) is 0.438. The van der Waals surface area contributed by atoms with Crippen molar-refractivity contribution in [3.63, 3.8) is 0 Å². The third-order valence-corrected chi connectivity index (χ3v) is 3.90. The van der Waals surface area contributed by atoms with E-state index in [0.717, 1.165) is 5.56 Å². The van der Waals surface area contributed by atoms with E-state index >= 15 is 0 Å². The van der Waals surface area contributed by atoms with Gasteiger partial charge in [-0.1, -0.05) is 24.3 Å². The summed E-state index contributed by atoms with van der Waals surface area (Å²) in [6.07, 6.45) is -0.144. The van der Waals surface area contributed by atoms with E-state index in [0.29, 0.717) is 10.1 Å². The molecule has 1 atom stereocenters. The first-order chi connectivity index (χ1) is 10.2. The second-order valence-corrected chi connectivity index (χ2v) is 7.61. The molecule has 0 fully saturated rings. The van der Waals surface area contributed by atoms with Gasteiger partial charge in [0, 0.05) is 12.5 Å². The fourth-order valence-electron chi connectivity index (χ4n) is 1.12. The van der Waals surface area contributed by atoms with E-state index in [1.165, 1.54) is 12.1 Å². The molecule has 0 spiro atoms. The molecule has 138 valence electrons. The molecule has 1 unspecified atom stereocenters. The van der Waals surface area contributed by atoms with Crippen molar-refractivity contribution in [3.8, 4) is 0 Å². The second kappa shape index (κ2) is 9.53. The molecule has 0 aliphatic rings. The third-order valence-electron chi connectivity index (χ3n) is 3.04. The predicted octanol–water partition coefficient (Wildman–Crippen LogP) is 2.56. The Morgan fingerprint density at radius 1 is 1.21 bits per heavy atom. The van der Waals surface area contributed by atoms with Gasteiger partial charge in [-0.25, -0.2) is 4.79 Å². The number of esters is 1. The minimum absolute atomic E-state index is 0. The fourth-order valence-corrected chi connectivity index (χ4v) is 1.60. The van der Waals surface area contributed by atoms with Gasteiger partial charge in [0.2, 0.25) is 6.23 Å². The van der Waals surface area contributed by atoms with E-state index in [1.807, 2.05) is 35.0 Å². The van der Waals surface area contributed by atoms with Gasteiger partial charge in [-0.2, -0.15) is 8.42 Å². The van der Waals surface area contributed by atoms with E-state index in [1.54, 1.807) is 19.1 Å². The first-order valence-corrected chi connectivity index (χ1v) is 8.41. The maximum absolute atomic E-state index is 11.1. The van der Waals surface area contributed by atoms with E-state index < -0.39 is 10.1 Å². The topological polar surface area (TPSA) is 116 Å². The van der Waals surface area contributed by atoms with Crippen molar-refractivity contribution < 1.29 is 27.0 Å². The first kappa shape index (κ1) is 24.5. The van der Waals surface area contributed by atoms with Crippen LogP contribution in [0, 0.1) is 6.92 Å². The molecule has 0 aromatic heterocycles. The van der Waals surface area contributed by atoms with Gasteiger partial charge in [0.05, 0.1) is 26.0 Å². The maximum atomic E-state index is 11.1. The molecule has 0 heterocycles. The van der Waals surface area contributed by atoms with Crippen LogP contribution >= 0.6 is 0 Å². The molecule has 8 heteroatoms. The first-order valence-electron chi connectivity index (χ1n) is 6.97. The van der Waals surface area contributed by atoms with Crippen molar-refractivity contribution >= 4 is 16.1 Å². The summed E-state index contributed by atoms with van der Waals surface area (Å²) in [6, 6.07) is 5.99. The summed E-state index contributed by atoms with van der Waals surface area (Å²) >= 11 is 0. The molecule has 4 N–H and O–H groups in total. The number of quaternary nitrogens is 1. The Balaban J connectivity index is 0. The lowest BCUT2D eigenvalue weighted by Gasteiger charge is -2.30. The molecule has 0 amide bonds. The summed E-state index contributed by atoms with van der Waals surface area (Å²) in [5.74, 6) is -0.324. The van der Waals surface area contributed by atoms with Crippen molar-refractivity contribution in [2.45, 2.75) is 31.9 Å². The average Bonchev–Trinajstić information content (AvgIpc) is 2.37. The van der Waals surface area contributed by atoms with Crippen LogP contribution in [0.3, 0.4) is 0 Å². The SMILES string of the molecule is C=C(C)C(=O)OC(C)[N+](C)(C)C.Cc1ccc(S(=O)(=O)O)cc1.N. The lowest BCUT2D eigenvalue weighted by atomic mass is 10.2. The molecule has 1 aromatic carbocycles. The number of nitrogens with zero attached hydrogens (tertiary/aromatic N) is 1. The summed E-state index contributed by atoms with van der Waals surface area (Å²) in [5.41, 5.74) is 1.40. The summed E-state index contributed by atoms with van der Waals surface area (Å²) in [7, 11) is 1.89. The van der Waals surface area contributed by atoms with E-state index in [9.17, 15) is 13.2 Å². The Hall–Kier alpha value is -1.74. The van der Waals surface area contributed by atoms with Gasteiger partial charge >= 0.3 is 5.97 Å². The molecule has 24 heavy (non-hydrogen) atoms. The van der Waals surface area contributed by atoms with Crippen LogP contribution in [0.25, 0.3) is 0 Å². The van der Waals surface area contributed by atoms with E-state index in [-0.39, 0.29) is 23.2 Å². The molecule has 0 saturated heterocycles. The zero-order valence-electron chi connectivity index (χ0n) is 15.2. The highest BCUT2D eigenvalue weighted by Gasteiger charge is 2.22. The standard InChI is InChI=1S/C9H18NO2.C7H8O3S.H3N/c1-7(2)9(11)12-8(3)10(4,5)6;1-6-2-4-7(5-3-6)11(8,9)10;/h8H,1H2,2-6H3;2-5H,1H3,(H,8,9,10);1H3/q+1;;. The Bertz CT molecular complexity index is 646. The molecular weight excluding hydrogens is 332 g/mol. The smallest absolute Gasteiger partial charge is 0.337 e. The van der Waals surface area contributed by atoms with Gasteiger partial charge in [-0.3, -0.25) is 9.04 Å². The Kier molecular flexibility index (Phi) is 9.73. The van der Waals surface area contributed by atoms with Gasteiger partial charge in [-0.15, -0.1) is 0 Å². The third kappa shape index (κ3) is 9.41. The summed E-state index contributed by atoms with van der Waals surface area (Å²) < 4.78 is 35.3. The van der Waals surface area contributed by atoms with Crippen LogP contribution in [0.2, 0.25) is 0 Å².